The van der Waals surface area contributed by atoms with E-state index in [1.165, 1.54) is 0 Å². The second-order valence-electron chi connectivity index (χ2n) is 3.99. The summed E-state index contributed by atoms with van der Waals surface area (Å²) in [5.41, 5.74) is 7.03. The zero-order valence-electron chi connectivity index (χ0n) is 10.2. The molecular formula is C11H22N3OW-. The number of rotatable bonds is 2. The molecule has 0 saturated carbocycles. The van der Waals surface area contributed by atoms with Crippen LogP contribution < -0.4 is 5.32 Å². The molecule has 1 amide bonds. The fraction of sp³-hybridized carbons (Fsp3) is 0.909. The predicted molar refractivity (Wildman–Crippen MR) is 61.6 cm³/mol. The molecule has 0 radical (unpaired) electrons. The Bertz CT molecular complexity index is 201. The van der Waals surface area contributed by atoms with Gasteiger partial charge in [-0.1, -0.05) is 13.8 Å². The molecule has 2 rings (SSSR count). The Labute approximate surface area is 113 Å². The molecule has 4 nitrogen and oxygen atoms in total. The Morgan fingerprint density at radius 2 is 1.75 bits per heavy atom. The van der Waals surface area contributed by atoms with E-state index in [0.717, 1.165) is 39.0 Å². The van der Waals surface area contributed by atoms with E-state index in [1.54, 1.807) is 0 Å². The summed E-state index contributed by atoms with van der Waals surface area (Å²) in [5.74, 6) is -0.351. The number of hydrogen-bond donors (Lipinski definition) is 1. The molecule has 0 atom stereocenters. The fourth-order valence-corrected chi connectivity index (χ4v) is 2.06. The van der Waals surface area contributed by atoms with Gasteiger partial charge in [0.15, 0.2) is 0 Å². The van der Waals surface area contributed by atoms with Crippen molar-refractivity contribution in [3.63, 3.8) is 0 Å². The van der Waals surface area contributed by atoms with Crippen LogP contribution in [0.2, 0.25) is 0 Å². The average molecular weight is 396 g/mol. The van der Waals surface area contributed by atoms with Gasteiger partial charge in [0.1, 0.15) is 0 Å². The molecule has 2 aliphatic heterocycles. The summed E-state index contributed by atoms with van der Waals surface area (Å²) in [5, 5.41) is 3.25. The topological polar surface area (TPSA) is 56.1 Å². The normalized spacial score (nSPS) is 22.4. The Morgan fingerprint density at radius 3 is 2.06 bits per heavy atom. The minimum absolute atomic E-state index is 0. The first-order valence-corrected chi connectivity index (χ1v) is 5.97. The van der Waals surface area contributed by atoms with E-state index in [2.05, 4.69) is 10.2 Å². The maximum atomic E-state index is 10.8. The monoisotopic (exact) mass is 396 g/mol. The second-order valence-corrected chi connectivity index (χ2v) is 3.99. The van der Waals surface area contributed by atoms with E-state index in [9.17, 15) is 4.79 Å². The number of nitrogens with zero attached hydrogens (tertiary/aromatic N) is 1. The standard InChI is InChI=1S/C9H17N3O.C2H6.W/c10-9(13)7-1-3-12(4-2-7)8-5-11-6-8;1-2;/h7-8,11H,1-6H2,(H2,10,13);1-2H3;/p-1. The number of piperidine rings is 1. The summed E-state index contributed by atoms with van der Waals surface area (Å²) in [7, 11) is 0. The van der Waals surface area contributed by atoms with E-state index in [4.69, 9.17) is 5.73 Å². The molecule has 2 aliphatic rings. The summed E-state index contributed by atoms with van der Waals surface area (Å²) in [6.07, 6.45) is 1.78. The van der Waals surface area contributed by atoms with Gasteiger partial charge in [0.2, 0.25) is 0 Å². The van der Waals surface area contributed by atoms with Crippen LogP contribution in [0.1, 0.15) is 26.7 Å². The molecule has 2 heterocycles. The van der Waals surface area contributed by atoms with E-state index in [0.29, 0.717) is 6.04 Å². The van der Waals surface area contributed by atoms with Crippen LogP contribution in [0.25, 0.3) is 5.73 Å². The molecule has 5 heteroatoms. The van der Waals surface area contributed by atoms with Crippen LogP contribution in [0.3, 0.4) is 0 Å². The molecule has 0 aromatic carbocycles. The Hall–Kier alpha value is 0.0783. The van der Waals surface area contributed by atoms with Crippen LogP contribution in [0.15, 0.2) is 0 Å². The first kappa shape index (κ1) is 16.1. The van der Waals surface area contributed by atoms with Crippen molar-refractivity contribution in [2.24, 2.45) is 5.92 Å². The van der Waals surface area contributed by atoms with Crippen molar-refractivity contribution in [2.75, 3.05) is 26.2 Å². The third-order valence-electron chi connectivity index (χ3n) is 3.18. The smallest absolute Gasteiger partial charge is 0.0520 e. The molecular weight excluding hydrogens is 374 g/mol. The first-order valence-electron chi connectivity index (χ1n) is 5.97. The molecule has 0 aromatic rings. The maximum absolute atomic E-state index is 10.8. The van der Waals surface area contributed by atoms with Crippen molar-refractivity contribution in [3.05, 3.63) is 5.73 Å². The average Bonchev–Trinajstić information content (AvgIpc) is 2.19. The number of carbonyl (C=O) groups is 1. The number of nitrogens with one attached hydrogen (secondary N) is 2. The van der Waals surface area contributed by atoms with Crippen molar-refractivity contribution in [1.29, 1.82) is 0 Å². The van der Waals surface area contributed by atoms with Gasteiger partial charge < -0.3 is 15.8 Å². The van der Waals surface area contributed by atoms with Crippen LogP contribution in [-0.2, 0) is 25.9 Å². The van der Waals surface area contributed by atoms with Gasteiger partial charge >= 0.3 is 0 Å². The van der Waals surface area contributed by atoms with Crippen LogP contribution in [-0.4, -0.2) is 43.0 Å². The Morgan fingerprint density at radius 1 is 1.25 bits per heavy atom. The van der Waals surface area contributed by atoms with Crippen LogP contribution in [0, 0.1) is 5.92 Å². The predicted octanol–water partition coefficient (Wildman–Crippen LogP) is 1.27. The summed E-state index contributed by atoms with van der Waals surface area (Å²) >= 11 is 0. The SMILES string of the molecule is CC.[NH-]C(=O)C1CCN(C2CNC2)CC1.[W]. The van der Waals surface area contributed by atoms with Gasteiger partial charge in [-0.3, -0.25) is 4.90 Å². The third-order valence-corrected chi connectivity index (χ3v) is 3.18. The number of carbonyl (C=O) groups excluding carboxylic acids is 1. The van der Waals surface area contributed by atoms with E-state index in [1.807, 2.05) is 13.8 Å². The molecule has 2 fully saturated rings. The molecule has 2 saturated heterocycles. The largest absolute Gasteiger partial charge is 0.668 e. The molecule has 0 aliphatic carbocycles. The zero-order chi connectivity index (χ0) is 11.3. The van der Waals surface area contributed by atoms with Gasteiger partial charge in [-0.15, -0.1) is 0 Å². The number of likely N-dealkylation sites (tertiary alicyclic amines) is 1. The second kappa shape index (κ2) is 8.21. The maximum Gasteiger partial charge on any atom is 0.0520 e. The van der Waals surface area contributed by atoms with Crippen molar-refractivity contribution >= 4 is 5.91 Å². The molecule has 2 N–H and O–H groups in total. The van der Waals surface area contributed by atoms with Crippen LogP contribution >= 0.6 is 0 Å². The minimum Gasteiger partial charge on any atom is -0.668 e. The van der Waals surface area contributed by atoms with Crippen molar-refractivity contribution in [1.82, 2.24) is 10.2 Å². The van der Waals surface area contributed by atoms with Gasteiger partial charge in [0.05, 0.1) is 5.91 Å². The molecule has 0 bridgehead atoms. The molecule has 94 valence electrons. The van der Waals surface area contributed by atoms with E-state index >= 15 is 0 Å². The molecule has 0 unspecified atom stereocenters. The quantitative estimate of drug-likeness (QED) is 0.765. The summed E-state index contributed by atoms with van der Waals surface area (Å²) in [6.45, 7) is 8.20. The third kappa shape index (κ3) is 4.15. The number of amides is 1. The van der Waals surface area contributed by atoms with Gasteiger partial charge in [0, 0.05) is 46.1 Å². The first-order chi connectivity index (χ1) is 7.27. The van der Waals surface area contributed by atoms with E-state index in [-0.39, 0.29) is 32.9 Å². The summed E-state index contributed by atoms with van der Waals surface area (Å²) < 4.78 is 0. The van der Waals surface area contributed by atoms with Gasteiger partial charge in [-0.25, -0.2) is 0 Å². The van der Waals surface area contributed by atoms with Crippen molar-refractivity contribution in [2.45, 2.75) is 32.7 Å². The molecule has 0 aromatic heterocycles. The van der Waals surface area contributed by atoms with E-state index < -0.39 is 0 Å². The Kier molecular flexibility index (Phi) is 8.25. The molecule has 0 spiro atoms. The number of hydrogen-bond acceptors (Lipinski definition) is 3. The van der Waals surface area contributed by atoms with Crippen LogP contribution in [0.5, 0.6) is 0 Å². The van der Waals surface area contributed by atoms with Gasteiger partial charge in [-0.05, 0) is 25.9 Å². The summed E-state index contributed by atoms with van der Waals surface area (Å²) in [4.78, 5) is 13.2. The fourth-order valence-electron chi connectivity index (χ4n) is 2.06. The van der Waals surface area contributed by atoms with Gasteiger partial charge in [-0.2, -0.15) is 0 Å². The minimum atomic E-state index is -0.369. The van der Waals surface area contributed by atoms with Crippen LogP contribution in [0.4, 0.5) is 0 Å². The van der Waals surface area contributed by atoms with Gasteiger partial charge in [0.25, 0.3) is 0 Å². The van der Waals surface area contributed by atoms with Crippen molar-refractivity contribution < 1.29 is 25.9 Å². The van der Waals surface area contributed by atoms with Crippen molar-refractivity contribution in [3.8, 4) is 0 Å². The summed E-state index contributed by atoms with van der Waals surface area (Å²) in [6, 6.07) is 0.696. The zero-order valence-corrected chi connectivity index (χ0v) is 13.1. The Balaban J connectivity index is 0.000000711. The molecule has 16 heavy (non-hydrogen) atoms.